The van der Waals surface area contributed by atoms with Crippen molar-refractivity contribution in [2.24, 2.45) is 0 Å². The molecule has 0 bridgehead atoms. The molecular formula is C15H19O3PS. The van der Waals surface area contributed by atoms with E-state index in [9.17, 15) is 4.57 Å². The molecule has 1 atom stereocenters. The zero-order chi connectivity index (χ0) is 14.8. The van der Waals surface area contributed by atoms with Gasteiger partial charge in [-0.25, -0.2) is 4.57 Å². The highest BCUT2D eigenvalue weighted by molar-refractivity contribution is 8.55. The lowest BCUT2D eigenvalue weighted by Gasteiger charge is -2.18. The van der Waals surface area contributed by atoms with Gasteiger partial charge >= 0.3 is 6.80 Å². The van der Waals surface area contributed by atoms with E-state index in [1.807, 2.05) is 18.2 Å². The first-order valence-corrected chi connectivity index (χ1v) is 9.28. The molecule has 20 heavy (non-hydrogen) atoms. The maximum Gasteiger partial charge on any atom is 0.440 e. The standard InChI is InChI=1S/C15H19O3PS/c1-4-9-14-10-7-8-11-15(14)18-19(16,17-12-5-2)20-13-6-3/h4-8,10-11H,1-3,9,12-13H2. The van der Waals surface area contributed by atoms with Crippen LogP contribution in [0.4, 0.5) is 0 Å². The Labute approximate surface area is 124 Å². The highest BCUT2D eigenvalue weighted by atomic mass is 32.7. The minimum Gasteiger partial charge on any atom is -0.417 e. The summed E-state index contributed by atoms with van der Waals surface area (Å²) in [5, 5.41) is 0. The minimum atomic E-state index is -3.29. The van der Waals surface area contributed by atoms with E-state index in [4.69, 9.17) is 9.05 Å². The van der Waals surface area contributed by atoms with Crippen LogP contribution in [0.1, 0.15) is 5.56 Å². The Morgan fingerprint density at radius 3 is 2.55 bits per heavy atom. The van der Waals surface area contributed by atoms with Crippen LogP contribution in [0.25, 0.3) is 0 Å². The van der Waals surface area contributed by atoms with Gasteiger partial charge in [-0.2, -0.15) is 0 Å². The molecule has 108 valence electrons. The molecule has 0 radical (unpaired) electrons. The van der Waals surface area contributed by atoms with Crippen molar-refractivity contribution in [3.63, 3.8) is 0 Å². The fourth-order valence-corrected chi connectivity index (χ4v) is 4.26. The molecule has 0 aliphatic heterocycles. The Bertz CT molecular complexity index is 498. The molecule has 0 spiro atoms. The van der Waals surface area contributed by atoms with Gasteiger partial charge in [-0.3, -0.25) is 4.52 Å². The molecule has 0 fully saturated rings. The molecule has 3 nitrogen and oxygen atoms in total. The van der Waals surface area contributed by atoms with E-state index in [0.717, 1.165) is 16.9 Å². The zero-order valence-electron chi connectivity index (χ0n) is 11.4. The number of para-hydroxylation sites is 1. The number of hydrogen-bond acceptors (Lipinski definition) is 4. The number of benzene rings is 1. The Hall–Kier alpha value is -1.22. The second kappa shape index (κ2) is 8.85. The quantitative estimate of drug-likeness (QED) is 0.449. The van der Waals surface area contributed by atoms with Gasteiger partial charge in [0.1, 0.15) is 5.75 Å². The summed E-state index contributed by atoms with van der Waals surface area (Å²) >= 11 is 1.10. The topological polar surface area (TPSA) is 35.5 Å². The van der Waals surface area contributed by atoms with Gasteiger partial charge < -0.3 is 4.52 Å². The molecule has 0 heterocycles. The minimum absolute atomic E-state index is 0.172. The average Bonchev–Trinajstić information content (AvgIpc) is 2.46. The number of hydrogen-bond donors (Lipinski definition) is 0. The van der Waals surface area contributed by atoms with E-state index in [0.29, 0.717) is 17.9 Å². The van der Waals surface area contributed by atoms with Crippen molar-refractivity contribution in [2.75, 3.05) is 12.4 Å². The molecule has 1 rings (SSSR count). The van der Waals surface area contributed by atoms with Crippen LogP contribution < -0.4 is 4.52 Å². The molecule has 1 unspecified atom stereocenters. The van der Waals surface area contributed by atoms with Gasteiger partial charge in [-0.1, -0.05) is 36.4 Å². The monoisotopic (exact) mass is 310 g/mol. The van der Waals surface area contributed by atoms with E-state index in [1.54, 1.807) is 24.3 Å². The Balaban J connectivity index is 2.93. The predicted molar refractivity (Wildman–Crippen MR) is 87.4 cm³/mol. The fraction of sp³-hybridized carbons (Fsp3) is 0.200. The third-order valence-electron chi connectivity index (χ3n) is 2.25. The molecule has 0 amide bonds. The van der Waals surface area contributed by atoms with Crippen LogP contribution in [-0.2, 0) is 15.5 Å². The van der Waals surface area contributed by atoms with Crippen LogP contribution in [0, 0.1) is 0 Å². The number of allylic oxidation sites excluding steroid dienone is 1. The molecule has 0 aromatic heterocycles. The van der Waals surface area contributed by atoms with Gasteiger partial charge in [0.2, 0.25) is 0 Å². The molecule has 0 aliphatic rings. The van der Waals surface area contributed by atoms with Crippen molar-refractivity contribution in [3.8, 4) is 5.75 Å². The van der Waals surface area contributed by atoms with Gasteiger partial charge in [0, 0.05) is 5.75 Å². The molecule has 5 heteroatoms. The smallest absolute Gasteiger partial charge is 0.417 e. The van der Waals surface area contributed by atoms with Crippen molar-refractivity contribution < 1.29 is 13.6 Å². The van der Waals surface area contributed by atoms with Crippen LogP contribution >= 0.6 is 18.2 Å². The largest absolute Gasteiger partial charge is 0.440 e. The normalized spacial score (nSPS) is 13.2. The zero-order valence-corrected chi connectivity index (χ0v) is 13.1. The van der Waals surface area contributed by atoms with Crippen molar-refractivity contribution >= 4 is 18.2 Å². The Kier molecular flexibility index (Phi) is 7.45. The second-order valence-corrected chi connectivity index (χ2v) is 7.85. The third kappa shape index (κ3) is 5.41. The van der Waals surface area contributed by atoms with E-state index < -0.39 is 6.80 Å². The van der Waals surface area contributed by atoms with Crippen molar-refractivity contribution in [1.29, 1.82) is 0 Å². The highest BCUT2D eigenvalue weighted by Crippen LogP contribution is 2.60. The van der Waals surface area contributed by atoms with E-state index in [-0.39, 0.29) is 6.61 Å². The first-order chi connectivity index (χ1) is 9.65. The molecule has 0 aliphatic carbocycles. The summed E-state index contributed by atoms with van der Waals surface area (Å²) in [6.07, 6.45) is 5.62. The summed E-state index contributed by atoms with van der Waals surface area (Å²) in [5.74, 6) is 1.04. The summed E-state index contributed by atoms with van der Waals surface area (Å²) in [5.41, 5.74) is 0.920. The lowest BCUT2D eigenvalue weighted by Crippen LogP contribution is -1.98. The lowest BCUT2D eigenvalue weighted by molar-refractivity contribution is 0.310. The van der Waals surface area contributed by atoms with E-state index in [2.05, 4.69) is 19.7 Å². The van der Waals surface area contributed by atoms with Crippen LogP contribution in [0.15, 0.2) is 62.2 Å². The lowest BCUT2D eigenvalue weighted by atomic mass is 10.1. The first-order valence-electron chi connectivity index (χ1n) is 6.14. The molecule has 1 aromatic carbocycles. The predicted octanol–water partition coefficient (Wildman–Crippen LogP) is 5.02. The van der Waals surface area contributed by atoms with E-state index in [1.165, 1.54) is 0 Å². The number of rotatable bonds is 10. The summed E-state index contributed by atoms with van der Waals surface area (Å²) in [6, 6.07) is 7.42. The molecule has 0 saturated carbocycles. The summed E-state index contributed by atoms with van der Waals surface area (Å²) in [6.45, 7) is 7.76. The Morgan fingerprint density at radius 2 is 1.90 bits per heavy atom. The fourth-order valence-electron chi connectivity index (χ4n) is 1.42. The first kappa shape index (κ1) is 16.8. The van der Waals surface area contributed by atoms with Crippen molar-refractivity contribution in [1.82, 2.24) is 0 Å². The molecule has 0 saturated heterocycles. The van der Waals surface area contributed by atoms with Crippen LogP contribution in [0.2, 0.25) is 0 Å². The SMILES string of the molecule is C=CCOP(=O)(Oc1ccccc1CC=C)SCC=C. The second-order valence-electron chi connectivity index (χ2n) is 3.81. The average molecular weight is 310 g/mol. The summed E-state index contributed by atoms with van der Waals surface area (Å²) in [7, 11) is 0. The molecular weight excluding hydrogens is 291 g/mol. The van der Waals surface area contributed by atoms with Crippen LogP contribution in [0.3, 0.4) is 0 Å². The van der Waals surface area contributed by atoms with Crippen LogP contribution in [0.5, 0.6) is 5.75 Å². The van der Waals surface area contributed by atoms with Gasteiger partial charge in [0.25, 0.3) is 0 Å². The van der Waals surface area contributed by atoms with Gasteiger partial charge in [0.15, 0.2) is 0 Å². The molecule has 1 aromatic rings. The van der Waals surface area contributed by atoms with E-state index >= 15 is 0 Å². The third-order valence-corrected chi connectivity index (χ3v) is 5.77. The van der Waals surface area contributed by atoms with Gasteiger partial charge in [0.05, 0.1) is 6.61 Å². The Morgan fingerprint density at radius 1 is 1.15 bits per heavy atom. The maximum atomic E-state index is 12.7. The summed E-state index contributed by atoms with van der Waals surface area (Å²) < 4.78 is 23.6. The summed E-state index contributed by atoms with van der Waals surface area (Å²) in [4.78, 5) is 0. The highest BCUT2D eigenvalue weighted by Gasteiger charge is 2.27. The van der Waals surface area contributed by atoms with Crippen molar-refractivity contribution in [3.05, 3.63) is 67.8 Å². The van der Waals surface area contributed by atoms with Gasteiger partial charge in [-0.05, 0) is 29.4 Å². The molecule has 0 N–H and O–H groups in total. The van der Waals surface area contributed by atoms with Crippen molar-refractivity contribution in [2.45, 2.75) is 6.42 Å². The van der Waals surface area contributed by atoms with Crippen LogP contribution in [-0.4, -0.2) is 12.4 Å². The maximum absolute atomic E-state index is 12.7. The van der Waals surface area contributed by atoms with Gasteiger partial charge in [-0.15, -0.1) is 19.7 Å².